The quantitative estimate of drug-likeness (QED) is 0.347. The maximum atomic E-state index is 12.4. The summed E-state index contributed by atoms with van der Waals surface area (Å²) in [4.78, 5) is 17.2. The zero-order valence-corrected chi connectivity index (χ0v) is 18.8. The number of halogens is 1. The second-order valence-corrected chi connectivity index (χ2v) is 8.08. The molecule has 0 aliphatic heterocycles. The van der Waals surface area contributed by atoms with E-state index in [1.165, 1.54) is 5.56 Å². The minimum Gasteiger partial charge on any atom is -0.494 e. The third kappa shape index (κ3) is 5.29. The first-order valence-electron chi connectivity index (χ1n) is 10.8. The lowest BCUT2D eigenvalue weighted by Gasteiger charge is -2.11. The Balaban J connectivity index is 1.38. The maximum absolute atomic E-state index is 12.4. The first-order valence-corrected chi connectivity index (χ1v) is 11.2. The van der Waals surface area contributed by atoms with Gasteiger partial charge in [0.05, 0.1) is 28.2 Å². The van der Waals surface area contributed by atoms with E-state index >= 15 is 0 Å². The maximum Gasteiger partial charge on any atom is 0.252 e. The molecule has 6 heteroatoms. The van der Waals surface area contributed by atoms with Crippen LogP contribution in [0.1, 0.15) is 28.2 Å². The van der Waals surface area contributed by atoms with Crippen molar-refractivity contribution in [1.82, 2.24) is 14.9 Å². The number of nitrogens with zero attached hydrogens (tertiary/aromatic N) is 2. The normalized spacial score (nSPS) is 10.9. The van der Waals surface area contributed by atoms with Gasteiger partial charge in [0.15, 0.2) is 0 Å². The predicted octanol–water partition coefficient (Wildman–Crippen LogP) is 5.44. The number of carbonyl (C=O) groups excluding carboxylic acids is 1. The van der Waals surface area contributed by atoms with Crippen molar-refractivity contribution in [1.29, 1.82) is 0 Å². The number of imidazole rings is 1. The summed E-state index contributed by atoms with van der Waals surface area (Å²) in [6.07, 6.45) is 1.48. The highest BCUT2D eigenvalue weighted by Crippen LogP contribution is 2.18. The van der Waals surface area contributed by atoms with Crippen LogP contribution in [-0.2, 0) is 13.0 Å². The highest BCUT2D eigenvalue weighted by Gasteiger charge is 2.12. The zero-order chi connectivity index (χ0) is 22.3. The van der Waals surface area contributed by atoms with Crippen molar-refractivity contribution in [3.8, 4) is 5.75 Å². The highest BCUT2D eigenvalue weighted by atomic mass is 35.5. The average molecular weight is 448 g/mol. The number of aromatic nitrogens is 2. The van der Waals surface area contributed by atoms with E-state index in [1.54, 1.807) is 18.2 Å². The van der Waals surface area contributed by atoms with Gasteiger partial charge in [-0.2, -0.15) is 0 Å². The van der Waals surface area contributed by atoms with Crippen LogP contribution in [0, 0.1) is 6.92 Å². The fourth-order valence-electron chi connectivity index (χ4n) is 3.71. The van der Waals surface area contributed by atoms with Gasteiger partial charge in [0.1, 0.15) is 11.6 Å². The number of benzene rings is 3. The Labute approximate surface area is 193 Å². The molecule has 0 saturated heterocycles. The number of amides is 1. The van der Waals surface area contributed by atoms with Gasteiger partial charge in [-0.25, -0.2) is 4.98 Å². The summed E-state index contributed by atoms with van der Waals surface area (Å²) < 4.78 is 8.13. The van der Waals surface area contributed by atoms with Crippen molar-refractivity contribution < 1.29 is 9.53 Å². The van der Waals surface area contributed by atoms with E-state index in [0.717, 1.165) is 35.6 Å². The van der Waals surface area contributed by atoms with E-state index in [9.17, 15) is 4.79 Å². The molecule has 4 aromatic rings. The van der Waals surface area contributed by atoms with Crippen LogP contribution in [0.4, 0.5) is 0 Å². The Bertz CT molecular complexity index is 1220. The molecule has 0 spiro atoms. The molecule has 32 heavy (non-hydrogen) atoms. The summed E-state index contributed by atoms with van der Waals surface area (Å²) in [5.41, 5.74) is 3.72. The number of para-hydroxylation sites is 2. The third-order valence-electron chi connectivity index (χ3n) is 5.27. The van der Waals surface area contributed by atoms with E-state index in [-0.39, 0.29) is 5.91 Å². The van der Waals surface area contributed by atoms with Crippen molar-refractivity contribution in [3.63, 3.8) is 0 Å². The van der Waals surface area contributed by atoms with Gasteiger partial charge in [0.25, 0.3) is 5.91 Å². The molecular weight excluding hydrogens is 422 g/mol. The van der Waals surface area contributed by atoms with E-state index in [2.05, 4.69) is 28.9 Å². The SMILES string of the molecule is Cc1cccc(OCCCn2c(CCNC(=O)c3ccccc3Cl)nc3ccccc32)c1. The van der Waals surface area contributed by atoms with E-state index in [0.29, 0.717) is 30.2 Å². The molecule has 0 fully saturated rings. The molecule has 1 N–H and O–H groups in total. The predicted molar refractivity (Wildman–Crippen MR) is 129 cm³/mol. The smallest absolute Gasteiger partial charge is 0.252 e. The third-order valence-corrected chi connectivity index (χ3v) is 5.60. The molecule has 0 radical (unpaired) electrons. The summed E-state index contributed by atoms with van der Waals surface area (Å²) >= 11 is 6.13. The molecule has 0 unspecified atom stereocenters. The number of fused-ring (bicyclic) bond motifs is 1. The van der Waals surface area contributed by atoms with Gasteiger partial charge in [-0.15, -0.1) is 0 Å². The van der Waals surface area contributed by atoms with Gasteiger partial charge < -0.3 is 14.6 Å². The molecule has 3 aromatic carbocycles. The summed E-state index contributed by atoms with van der Waals surface area (Å²) in [7, 11) is 0. The van der Waals surface area contributed by atoms with E-state index in [4.69, 9.17) is 21.3 Å². The largest absolute Gasteiger partial charge is 0.494 e. The monoisotopic (exact) mass is 447 g/mol. The average Bonchev–Trinajstić information content (AvgIpc) is 3.14. The zero-order valence-electron chi connectivity index (χ0n) is 18.1. The van der Waals surface area contributed by atoms with Gasteiger partial charge >= 0.3 is 0 Å². The van der Waals surface area contributed by atoms with Crippen molar-refractivity contribution in [2.45, 2.75) is 26.3 Å². The van der Waals surface area contributed by atoms with Crippen LogP contribution in [0.3, 0.4) is 0 Å². The van der Waals surface area contributed by atoms with Crippen molar-refractivity contribution in [3.05, 3.63) is 94.8 Å². The highest BCUT2D eigenvalue weighted by molar-refractivity contribution is 6.33. The number of hydrogen-bond donors (Lipinski definition) is 1. The van der Waals surface area contributed by atoms with Crippen LogP contribution in [0.25, 0.3) is 11.0 Å². The molecule has 1 amide bonds. The second kappa shape index (κ2) is 10.3. The van der Waals surface area contributed by atoms with E-state index in [1.807, 2.05) is 42.5 Å². The summed E-state index contributed by atoms with van der Waals surface area (Å²) in [5, 5.41) is 3.40. The topological polar surface area (TPSA) is 56.1 Å². The molecular formula is C26H26ClN3O2. The molecule has 0 bridgehead atoms. The lowest BCUT2D eigenvalue weighted by molar-refractivity contribution is 0.0954. The molecule has 1 heterocycles. The Morgan fingerprint density at radius 2 is 1.88 bits per heavy atom. The molecule has 5 nitrogen and oxygen atoms in total. The summed E-state index contributed by atoms with van der Waals surface area (Å²) in [6, 6.07) is 23.2. The molecule has 0 aliphatic rings. The van der Waals surface area contributed by atoms with Gasteiger partial charge in [0.2, 0.25) is 0 Å². The standard InChI is InChI=1S/C26H26ClN3O2/c1-19-8-6-9-20(18-19)32-17-7-16-30-24-13-5-4-12-23(24)29-25(30)14-15-28-26(31)21-10-2-3-11-22(21)27/h2-6,8-13,18H,7,14-17H2,1H3,(H,28,31). The minimum atomic E-state index is -0.176. The Hall–Kier alpha value is -3.31. The van der Waals surface area contributed by atoms with Gasteiger partial charge in [-0.3, -0.25) is 4.79 Å². The molecule has 0 atom stereocenters. The Morgan fingerprint density at radius 3 is 2.72 bits per heavy atom. The van der Waals surface area contributed by atoms with Crippen molar-refractivity contribution >= 4 is 28.5 Å². The van der Waals surface area contributed by atoms with Crippen molar-refractivity contribution in [2.75, 3.05) is 13.2 Å². The Morgan fingerprint density at radius 1 is 1.06 bits per heavy atom. The first kappa shape index (κ1) is 21.9. The summed E-state index contributed by atoms with van der Waals surface area (Å²) in [6.45, 7) is 3.95. The minimum absolute atomic E-state index is 0.176. The van der Waals surface area contributed by atoms with Crippen LogP contribution in [0.2, 0.25) is 5.02 Å². The molecule has 0 aliphatic carbocycles. The number of nitrogens with one attached hydrogen (secondary N) is 1. The lowest BCUT2D eigenvalue weighted by atomic mass is 10.2. The van der Waals surface area contributed by atoms with Crippen LogP contribution in [-0.4, -0.2) is 28.6 Å². The lowest BCUT2D eigenvalue weighted by Crippen LogP contribution is -2.26. The van der Waals surface area contributed by atoms with Gasteiger partial charge in [-0.05, 0) is 55.3 Å². The van der Waals surface area contributed by atoms with Gasteiger partial charge in [0, 0.05) is 19.5 Å². The second-order valence-electron chi connectivity index (χ2n) is 7.67. The fraction of sp³-hybridized carbons (Fsp3) is 0.231. The Kier molecular flexibility index (Phi) is 7.07. The number of rotatable bonds is 9. The first-order chi connectivity index (χ1) is 15.6. The molecule has 4 rings (SSSR count). The van der Waals surface area contributed by atoms with E-state index < -0.39 is 0 Å². The fourth-order valence-corrected chi connectivity index (χ4v) is 3.93. The van der Waals surface area contributed by atoms with Crippen LogP contribution < -0.4 is 10.1 Å². The van der Waals surface area contributed by atoms with Gasteiger partial charge in [-0.1, -0.05) is 48.0 Å². The van der Waals surface area contributed by atoms with Crippen LogP contribution in [0.15, 0.2) is 72.8 Å². The number of aryl methyl sites for hydroxylation is 2. The summed E-state index contributed by atoms with van der Waals surface area (Å²) in [5.74, 6) is 1.66. The van der Waals surface area contributed by atoms with Crippen molar-refractivity contribution in [2.24, 2.45) is 0 Å². The number of ether oxygens (including phenoxy) is 1. The molecule has 0 saturated carbocycles. The molecule has 1 aromatic heterocycles. The molecule has 164 valence electrons. The number of hydrogen-bond acceptors (Lipinski definition) is 3. The number of carbonyl (C=O) groups is 1. The van der Waals surface area contributed by atoms with Crippen LogP contribution >= 0.6 is 11.6 Å². The van der Waals surface area contributed by atoms with Crippen LogP contribution in [0.5, 0.6) is 5.75 Å².